The van der Waals surface area contributed by atoms with Crippen LogP contribution in [0.15, 0.2) is 40.9 Å². The van der Waals surface area contributed by atoms with Gasteiger partial charge >= 0.3 is 0 Å². The number of nitrogens with one attached hydrogen (secondary N) is 1. The quantitative estimate of drug-likeness (QED) is 0.821. The molecule has 2 aromatic carbocycles. The highest BCUT2D eigenvalue weighted by Gasteiger charge is 2.11. The summed E-state index contributed by atoms with van der Waals surface area (Å²) in [4.78, 5) is 12.3. The Bertz CT molecular complexity index is 671. The van der Waals surface area contributed by atoms with Gasteiger partial charge in [0, 0.05) is 15.7 Å². The van der Waals surface area contributed by atoms with E-state index in [9.17, 15) is 4.79 Å². The Kier molecular flexibility index (Phi) is 4.85. The normalized spacial score (nSPS) is 10.2. The van der Waals surface area contributed by atoms with Gasteiger partial charge in [-0.05, 0) is 49.7 Å². The van der Waals surface area contributed by atoms with Gasteiger partial charge in [-0.25, -0.2) is 0 Å². The van der Waals surface area contributed by atoms with Gasteiger partial charge in [0.15, 0.2) is 0 Å². The summed E-state index contributed by atoms with van der Waals surface area (Å²) >= 11 is 3.44. The molecule has 0 spiro atoms. The Labute approximate surface area is 132 Å². The fraction of sp³-hybridized carbons (Fsp3) is 0.188. The summed E-state index contributed by atoms with van der Waals surface area (Å²) in [6.07, 6.45) is 0. The first-order valence-corrected chi connectivity index (χ1v) is 7.41. The first-order valence-electron chi connectivity index (χ1n) is 6.61. The number of carbonyl (C=O) groups excluding carboxylic acids is 1. The van der Waals surface area contributed by atoms with Crippen LogP contribution in [0.5, 0.6) is 5.75 Å². The maximum absolute atomic E-state index is 12.3. The van der Waals surface area contributed by atoms with Crippen molar-refractivity contribution in [2.75, 3.05) is 17.7 Å². The van der Waals surface area contributed by atoms with Crippen LogP contribution < -0.4 is 15.8 Å². The Morgan fingerprint density at radius 2 is 2.10 bits per heavy atom. The Morgan fingerprint density at radius 1 is 1.33 bits per heavy atom. The summed E-state index contributed by atoms with van der Waals surface area (Å²) in [5.74, 6) is 0.388. The molecule has 0 aromatic heterocycles. The van der Waals surface area contributed by atoms with E-state index in [1.54, 1.807) is 18.2 Å². The van der Waals surface area contributed by atoms with Crippen molar-refractivity contribution in [3.63, 3.8) is 0 Å². The van der Waals surface area contributed by atoms with Crippen LogP contribution in [0.3, 0.4) is 0 Å². The molecular formula is C16H17BrN2O2. The third kappa shape index (κ3) is 3.55. The predicted octanol–water partition coefficient (Wildman–Crippen LogP) is 3.99. The lowest BCUT2D eigenvalue weighted by Crippen LogP contribution is -2.13. The molecule has 0 unspecified atom stereocenters. The van der Waals surface area contributed by atoms with Crippen LogP contribution in [-0.4, -0.2) is 12.5 Å². The second-order valence-corrected chi connectivity index (χ2v) is 5.41. The zero-order valence-electron chi connectivity index (χ0n) is 11.9. The number of carbonyl (C=O) groups is 1. The van der Waals surface area contributed by atoms with E-state index in [2.05, 4.69) is 21.2 Å². The lowest BCUT2D eigenvalue weighted by molar-refractivity contribution is 0.102. The third-order valence-corrected chi connectivity index (χ3v) is 3.95. The second-order valence-electron chi connectivity index (χ2n) is 4.55. The molecule has 0 bridgehead atoms. The molecule has 110 valence electrons. The molecule has 4 nitrogen and oxygen atoms in total. The first kappa shape index (κ1) is 15.4. The second kappa shape index (κ2) is 6.63. The Balaban J connectivity index is 2.21. The molecule has 0 saturated carbocycles. The van der Waals surface area contributed by atoms with E-state index in [-0.39, 0.29) is 5.91 Å². The van der Waals surface area contributed by atoms with E-state index in [1.165, 1.54) is 0 Å². The minimum atomic E-state index is -0.203. The molecule has 0 saturated heterocycles. The average molecular weight is 349 g/mol. The summed E-state index contributed by atoms with van der Waals surface area (Å²) in [6, 6.07) is 10.7. The van der Waals surface area contributed by atoms with Gasteiger partial charge in [0.05, 0.1) is 12.3 Å². The van der Waals surface area contributed by atoms with Gasteiger partial charge in [0.25, 0.3) is 5.91 Å². The fourth-order valence-corrected chi connectivity index (χ4v) is 2.28. The monoisotopic (exact) mass is 348 g/mol. The summed E-state index contributed by atoms with van der Waals surface area (Å²) < 4.78 is 6.31. The van der Waals surface area contributed by atoms with Crippen LogP contribution in [0.25, 0.3) is 0 Å². The minimum Gasteiger partial charge on any atom is -0.492 e. The number of anilines is 2. The number of rotatable bonds is 4. The van der Waals surface area contributed by atoms with E-state index in [0.717, 1.165) is 15.7 Å². The van der Waals surface area contributed by atoms with Gasteiger partial charge in [-0.3, -0.25) is 4.79 Å². The summed E-state index contributed by atoms with van der Waals surface area (Å²) in [7, 11) is 0. The number of hydrogen-bond acceptors (Lipinski definition) is 3. The SMILES string of the molecule is CCOc1ccc(C(=O)Nc2cccc(Br)c2C)cc1N. The van der Waals surface area contributed by atoms with Gasteiger partial charge in [-0.1, -0.05) is 22.0 Å². The average Bonchev–Trinajstić information content (AvgIpc) is 2.46. The summed E-state index contributed by atoms with van der Waals surface area (Å²) in [5.41, 5.74) is 8.57. The molecule has 0 fully saturated rings. The standard InChI is InChI=1S/C16H17BrN2O2/c1-3-21-15-8-7-11(9-13(15)18)16(20)19-14-6-4-5-12(17)10(14)2/h4-9H,3,18H2,1-2H3,(H,19,20). The number of amides is 1. The van der Waals surface area contributed by atoms with E-state index >= 15 is 0 Å². The fourth-order valence-electron chi connectivity index (χ4n) is 1.91. The molecular weight excluding hydrogens is 332 g/mol. The molecule has 1 amide bonds. The third-order valence-electron chi connectivity index (χ3n) is 3.09. The van der Waals surface area contributed by atoms with Crippen molar-refractivity contribution in [1.29, 1.82) is 0 Å². The molecule has 21 heavy (non-hydrogen) atoms. The molecule has 2 rings (SSSR count). The molecule has 3 N–H and O–H groups in total. The highest BCUT2D eigenvalue weighted by atomic mass is 79.9. The van der Waals surface area contributed by atoms with Crippen LogP contribution in [0.2, 0.25) is 0 Å². The molecule has 0 atom stereocenters. The van der Waals surface area contributed by atoms with Crippen LogP contribution in [0.4, 0.5) is 11.4 Å². The molecule has 0 radical (unpaired) electrons. The van der Waals surface area contributed by atoms with Crippen molar-refractivity contribution in [1.82, 2.24) is 0 Å². The minimum absolute atomic E-state index is 0.203. The van der Waals surface area contributed by atoms with Gasteiger partial charge in [-0.15, -0.1) is 0 Å². The summed E-state index contributed by atoms with van der Waals surface area (Å²) in [5, 5.41) is 2.88. The molecule has 2 aromatic rings. The lowest BCUT2D eigenvalue weighted by Gasteiger charge is -2.11. The molecule has 0 aliphatic heterocycles. The maximum atomic E-state index is 12.3. The van der Waals surface area contributed by atoms with Crippen molar-refractivity contribution in [3.05, 3.63) is 52.0 Å². The van der Waals surface area contributed by atoms with Crippen molar-refractivity contribution >= 4 is 33.2 Å². The van der Waals surface area contributed by atoms with E-state index in [1.807, 2.05) is 32.0 Å². The Morgan fingerprint density at radius 3 is 2.76 bits per heavy atom. The topological polar surface area (TPSA) is 64.3 Å². The van der Waals surface area contributed by atoms with Gasteiger partial charge < -0.3 is 15.8 Å². The van der Waals surface area contributed by atoms with Crippen molar-refractivity contribution in [2.24, 2.45) is 0 Å². The molecule has 0 aliphatic rings. The smallest absolute Gasteiger partial charge is 0.255 e. The van der Waals surface area contributed by atoms with Gasteiger partial charge in [0.1, 0.15) is 5.75 Å². The van der Waals surface area contributed by atoms with Crippen LogP contribution in [0, 0.1) is 6.92 Å². The number of nitrogen functional groups attached to an aromatic ring is 1. The molecule has 5 heteroatoms. The van der Waals surface area contributed by atoms with E-state index in [4.69, 9.17) is 10.5 Å². The lowest BCUT2D eigenvalue weighted by atomic mass is 10.1. The number of hydrogen-bond donors (Lipinski definition) is 2. The van der Waals surface area contributed by atoms with Crippen LogP contribution in [-0.2, 0) is 0 Å². The number of nitrogens with two attached hydrogens (primary N) is 1. The molecule has 0 aliphatic carbocycles. The highest BCUT2D eigenvalue weighted by Crippen LogP contribution is 2.26. The maximum Gasteiger partial charge on any atom is 0.255 e. The largest absolute Gasteiger partial charge is 0.492 e. The number of benzene rings is 2. The zero-order valence-corrected chi connectivity index (χ0v) is 13.5. The Hall–Kier alpha value is -2.01. The van der Waals surface area contributed by atoms with Crippen LogP contribution in [0.1, 0.15) is 22.8 Å². The highest BCUT2D eigenvalue weighted by molar-refractivity contribution is 9.10. The van der Waals surface area contributed by atoms with Crippen molar-refractivity contribution in [2.45, 2.75) is 13.8 Å². The molecule has 0 heterocycles. The van der Waals surface area contributed by atoms with Crippen LogP contribution >= 0.6 is 15.9 Å². The number of ether oxygens (including phenoxy) is 1. The zero-order chi connectivity index (χ0) is 15.4. The predicted molar refractivity (Wildman–Crippen MR) is 88.9 cm³/mol. The van der Waals surface area contributed by atoms with Gasteiger partial charge in [-0.2, -0.15) is 0 Å². The summed E-state index contributed by atoms with van der Waals surface area (Å²) in [6.45, 7) is 4.36. The first-order chi connectivity index (χ1) is 10.0. The van der Waals surface area contributed by atoms with Crippen molar-refractivity contribution in [3.8, 4) is 5.75 Å². The van der Waals surface area contributed by atoms with E-state index in [0.29, 0.717) is 23.6 Å². The van der Waals surface area contributed by atoms with E-state index < -0.39 is 0 Å². The van der Waals surface area contributed by atoms with Crippen molar-refractivity contribution < 1.29 is 9.53 Å². The van der Waals surface area contributed by atoms with Gasteiger partial charge in [0.2, 0.25) is 0 Å². The number of halogens is 1.